The van der Waals surface area contributed by atoms with E-state index in [2.05, 4.69) is 64.5 Å². The summed E-state index contributed by atoms with van der Waals surface area (Å²) in [7, 11) is 6.71. The van der Waals surface area contributed by atoms with E-state index in [0.717, 1.165) is 59.9 Å². The zero-order valence-electron chi connectivity index (χ0n) is 44.7. The van der Waals surface area contributed by atoms with Gasteiger partial charge in [0.15, 0.2) is 56.2 Å². The third-order valence-electron chi connectivity index (χ3n) is 12.7. The Morgan fingerprint density at radius 1 is 0.734 bits per heavy atom. The Morgan fingerprint density at radius 2 is 1.23 bits per heavy atom. The molecule has 0 amide bonds. The predicted molar refractivity (Wildman–Crippen MR) is 310 cm³/mol. The summed E-state index contributed by atoms with van der Waals surface area (Å²) < 4.78 is 14.3. The van der Waals surface area contributed by atoms with Crippen molar-refractivity contribution in [3.05, 3.63) is 148 Å². The molecule has 79 heavy (non-hydrogen) atoms. The summed E-state index contributed by atoms with van der Waals surface area (Å²) in [6.45, 7) is 4.83. The third-order valence-corrected chi connectivity index (χ3v) is 13.3. The van der Waals surface area contributed by atoms with Crippen LogP contribution in [0.1, 0.15) is 81.8 Å². The standard InChI is InChI=1S/C20H21ClN4O.C15H14ClN5.C13H11ClN4O2.C8H17NO2.ClH/c1-2-6-13-9-15(17(26)10-13)11-16-12-18(21)24-25-19(22-23-20(16)25)14-7-4-3-5-8-14;1-20(2)9-8-12-10-13(16)19-21-14(17-18-15(12)21)11-6-4-3-5-7-11;1-20-13(19)9-7-10(14)17-18-11(15-16-12(9)18)8-5-3-2-4-6-8;1-3-4-7(6-9)5-8(10)11-2;/h3-5,7-8,12-13,15H,2,6,9-11H2,1H3;3-10H,1-2H3;2-7,13,19H,1H3;7H,3-6,9H2,1-2H3;1H/b;9-8+;;;. The quantitative estimate of drug-likeness (QED) is 0.0676. The summed E-state index contributed by atoms with van der Waals surface area (Å²) in [5.41, 5.74) is 12.2. The van der Waals surface area contributed by atoms with E-state index in [9.17, 15) is 14.7 Å². The zero-order valence-corrected chi connectivity index (χ0v) is 47.8. The molecule has 3 N–H and O–H groups in total. The topological polar surface area (TPSA) is 231 Å². The average Bonchev–Trinajstić information content (AvgIpc) is 4.35. The Labute approximate surface area is 479 Å². The molecule has 1 saturated carbocycles. The lowest BCUT2D eigenvalue weighted by atomic mass is 9.95. The lowest BCUT2D eigenvalue weighted by molar-refractivity contribution is -0.141. The first-order chi connectivity index (χ1) is 37.7. The van der Waals surface area contributed by atoms with Crippen LogP contribution in [0.5, 0.6) is 0 Å². The molecule has 416 valence electrons. The number of nitrogens with zero attached hydrogens (tertiary/aromatic N) is 13. The molecule has 9 aromatic rings. The van der Waals surface area contributed by atoms with Gasteiger partial charge in [0.25, 0.3) is 0 Å². The number of carbonyl (C=O) groups excluding carboxylic acids is 2. The number of aliphatic hydroxyl groups excluding tert-OH is 1. The summed E-state index contributed by atoms with van der Waals surface area (Å²) in [4.78, 5) is 25.1. The molecule has 1 fully saturated rings. The van der Waals surface area contributed by atoms with Crippen molar-refractivity contribution in [1.29, 1.82) is 0 Å². The van der Waals surface area contributed by atoms with Crippen molar-refractivity contribution < 1.29 is 24.2 Å². The number of aromatic nitrogens is 12. The maximum absolute atomic E-state index is 12.4. The number of halogens is 4. The highest BCUT2D eigenvalue weighted by atomic mass is 35.5. The van der Waals surface area contributed by atoms with Gasteiger partial charge >= 0.3 is 5.97 Å². The summed E-state index contributed by atoms with van der Waals surface area (Å²) in [6, 6.07) is 34.2. The number of esters is 1. The maximum Gasteiger partial charge on any atom is 0.305 e. The van der Waals surface area contributed by atoms with E-state index < -0.39 is 6.29 Å². The molecule has 0 bridgehead atoms. The van der Waals surface area contributed by atoms with Gasteiger partial charge in [0.2, 0.25) is 0 Å². The number of Topliss-reactive ketones (excluding diaryl/α,β-unsaturated/α-hetero) is 1. The van der Waals surface area contributed by atoms with E-state index in [1.165, 1.54) is 24.8 Å². The molecule has 19 nitrogen and oxygen atoms in total. The monoisotopic (exact) mass is 1150 g/mol. The lowest BCUT2D eigenvalue weighted by Crippen LogP contribution is -2.18. The first-order valence-corrected chi connectivity index (χ1v) is 26.6. The molecule has 0 radical (unpaired) electrons. The minimum atomic E-state index is -1.13. The number of hydrogen-bond acceptors (Lipinski definition) is 16. The van der Waals surface area contributed by atoms with E-state index in [0.29, 0.717) is 93.7 Å². The fraction of sp³-hybridized carbons (Fsp3) is 0.339. The minimum Gasteiger partial charge on any atom is -0.469 e. The van der Waals surface area contributed by atoms with Gasteiger partial charge in [0.05, 0.1) is 12.7 Å². The number of aliphatic hydroxyl groups is 1. The second kappa shape index (κ2) is 29.8. The normalized spacial score (nSPS) is 14.6. The Hall–Kier alpha value is -6.97. The zero-order chi connectivity index (χ0) is 55.7. The molecule has 4 unspecified atom stereocenters. The van der Waals surface area contributed by atoms with Crippen molar-refractivity contribution in [3.8, 4) is 34.2 Å². The van der Waals surface area contributed by atoms with Crippen LogP contribution in [0.15, 0.2) is 115 Å². The van der Waals surface area contributed by atoms with Crippen LogP contribution in [-0.2, 0) is 25.5 Å². The molecular formula is C56H64Cl4N14O5. The van der Waals surface area contributed by atoms with E-state index in [1.54, 1.807) is 15.1 Å². The van der Waals surface area contributed by atoms with Gasteiger partial charge in [-0.3, -0.25) is 9.59 Å². The summed E-state index contributed by atoms with van der Waals surface area (Å²) in [6.07, 6.45) is 9.83. The first kappa shape index (κ1) is 61.2. The highest BCUT2D eigenvalue weighted by Gasteiger charge is 2.33. The van der Waals surface area contributed by atoms with E-state index in [4.69, 9.17) is 45.3 Å². The van der Waals surface area contributed by atoms with Crippen molar-refractivity contribution in [3.63, 3.8) is 0 Å². The second-order valence-electron chi connectivity index (χ2n) is 18.7. The first-order valence-electron chi connectivity index (χ1n) is 25.5. The van der Waals surface area contributed by atoms with Gasteiger partial charge in [0.1, 0.15) is 5.78 Å². The summed E-state index contributed by atoms with van der Waals surface area (Å²) in [5.74, 6) is 2.94. The van der Waals surface area contributed by atoms with Crippen molar-refractivity contribution >= 4 is 82.0 Å². The number of ketones is 1. The maximum atomic E-state index is 12.4. The largest absolute Gasteiger partial charge is 0.469 e. The van der Waals surface area contributed by atoms with E-state index in [-0.39, 0.29) is 29.4 Å². The molecule has 4 atom stereocenters. The van der Waals surface area contributed by atoms with Crippen LogP contribution in [0.2, 0.25) is 15.5 Å². The Morgan fingerprint density at radius 3 is 1.72 bits per heavy atom. The van der Waals surface area contributed by atoms with Gasteiger partial charge in [0, 0.05) is 67.8 Å². The molecule has 0 aliphatic heterocycles. The number of carbonyl (C=O) groups is 2. The van der Waals surface area contributed by atoms with Crippen LogP contribution >= 0.6 is 47.2 Å². The van der Waals surface area contributed by atoms with E-state index >= 15 is 0 Å². The second-order valence-corrected chi connectivity index (χ2v) is 19.9. The average molecular weight is 1160 g/mol. The molecule has 0 spiro atoms. The highest BCUT2D eigenvalue weighted by molar-refractivity contribution is 6.30. The van der Waals surface area contributed by atoms with Crippen LogP contribution < -0.4 is 5.73 Å². The van der Waals surface area contributed by atoms with Gasteiger partial charge < -0.3 is 25.2 Å². The van der Waals surface area contributed by atoms with Crippen molar-refractivity contribution in [1.82, 2.24) is 64.3 Å². The summed E-state index contributed by atoms with van der Waals surface area (Å²) >= 11 is 18.4. The van der Waals surface area contributed by atoms with Crippen LogP contribution in [0.25, 0.3) is 57.2 Å². The van der Waals surface area contributed by atoms with Gasteiger partial charge in [-0.05, 0) is 68.1 Å². The number of hydrogen-bond donors (Lipinski definition) is 2. The van der Waals surface area contributed by atoms with Crippen LogP contribution in [0.3, 0.4) is 0 Å². The SMILES string of the molecule is CCCC(CN)CC(=O)OC.CCCC1CC(=O)C(Cc2cc(Cl)nn3c(-c4ccccc4)nnc23)C1.CN(C)/C=C/c1cc(Cl)nn2c(-c3ccccc3)nnc12.COC(O)c1cc(Cl)nn2c(-c3ccccc3)nnc12.Cl. The van der Waals surface area contributed by atoms with Gasteiger partial charge in [-0.15, -0.1) is 43.0 Å². The number of nitrogens with two attached hydrogens (primary N) is 1. The number of rotatable bonds is 16. The fourth-order valence-electron chi connectivity index (χ4n) is 8.95. The van der Waals surface area contributed by atoms with Crippen LogP contribution in [0, 0.1) is 17.8 Å². The van der Waals surface area contributed by atoms with Crippen LogP contribution in [0.4, 0.5) is 0 Å². The van der Waals surface area contributed by atoms with Crippen molar-refractivity contribution in [2.75, 3.05) is 34.9 Å². The van der Waals surface area contributed by atoms with Crippen molar-refractivity contribution in [2.24, 2.45) is 23.5 Å². The Kier molecular flexibility index (Phi) is 23.1. The van der Waals surface area contributed by atoms with Gasteiger partial charge in [-0.1, -0.05) is 159 Å². The molecule has 23 heteroatoms. The van der Waals surface area contributed by atoms with Crippen molar-refractivity contribution in [2.45, 2.75) is 71.5 Å². The molecule has 1 aliphatic rings. The van der Waals surface area contributed by atoms with Crippen LogP contribution in [-0.4, -0.2) is 116 Å². The van der Waals surface area contributed by atoms with E-state index in [1.807, 2.05) is 128 Å². The van der Waals surface area contributed by atoms with Gasteiger partial charge in [-0.2, -0.15) is 28.8 Å². The third kappa shape index (κ3) is 16.1. The number of ether oxygens (including phenoxy) is 2. The molecule has 6 heterocycles. The lowest BCUT2D eigenvalue weighted by Gasteiger charge is -2.10. The minimum absolute atomic E-state index is 0. The molecule has 10 rings (SSSR count). The summed E-state index contributed by atoms with van der Waals surface area (Å²) in [5, 5.41) is 49.0. The molecule has 6 aromatic heterocycles. The number of benzene rings is 3. The molecule has 0 saturated heterocycles. The number of methoxy groups -OCH3 is 2. The Bertz CT molecular complexity index is 3420. The highest BCUT2D eigenvalue weighted by Crippen LogP contribution is 2.35. The number of fused-ring (bicyclic) bond motifs is 3. The molecule has 3 aromatic carbocycles. The molecular weight excluding hydrogens is 1090 g/mol. The smallest absolute Gasteiger partial charge is 0.305 e. The predicted octanol–water partition coefficient (Wildman–Crippen LogP) is 10.8. The molecule has 1 aliphatic carbocycles. The Balaban J connectivity index is 0.000000176. The van der Waals surface area contributed by atoms with Gasteiger partial charge in [-0.25, -0.2) is 0 Å². The fourth-order valence-corrected chi connectivity index (χ4v) is 9.55.